The molecule has 4 nitrogen and oxygen atoms in total. The second kappa shape index (κ2) is 3.14. The Labute approximate surface area is 75.7 Å². The van der Waals surface area contributed by atoms with Crippen molar-refractivity contribution in [3.63, 3.8) is 0 Å². The van der Waals surface area contributed by atoms with Gasteiger partial charge in [0.05, 0.1) is 13.2 Å². The lowest BCUT2D eigenvalue weighted by atomic mass is 9.94. The number of nitrogens with two attached hydrogens (primary N) is 1. The van der Waals surface area contributed by atoms with Crippen molar-refractivity contribution in [3.8, 4) is 0 Å². The first-order valence-corrected chi connectivity index (χ1v) is 4.10. The van der Waals surface area contributed by atoms with Crippen LogP contribution in [-0.4, -0.2) is 24.1 Å². The molecule has 0 radical (unpaired) electrons. The van der Waals surface area contributed by atoms with E-state index in [1.807, 2.05) is 0 Å². The van der Waals surface area contributed by atoms with E-state index in [0.717, 1.165) is 5.56 Å². The molecule has 2 N–H and O–H groups in total. The molecule has 2 rings (SSSR count). The van der Waals surface area contributed by atoms with E-state index >= 15 is 0 Å². The molecule has 0 spiro atoms. The Kier molecular flexibility index (Phi) is 1.98. The SMILES string of the molecule is NC(=O)c1ccncc1C1COC1. The number of carbonyl (C=O) groups excluding carboxylic acids is 1. The van der Waals surface area contributed by atoms with Gasteiger partial charge in [-0.15, -0.1) is 0 Å². The lowest BCUT2D eigenvalue weighted by molar-refractivity contribution is 0.00801. The lowest BCUT2D eigenvalue weighted by Crippen LogP contribution is -2.28. The van der Waals surface area contributed by atoms with E-state index in [0.29, 0.717) is 18.8 Å². The summed E-state index contributed by atoms with van der Waals surface area (Å²) in [6.07, 6.45) is 3.26. The zero-order chi connectivity index (χ0) is 9.26. The third-order valence-electron chi connectivity index (χ3n) is 2.20. The van der Waals surface area contributed by atoms with Crippen LogP contribution in [-0.2, 0) is 4.74 Å². The number of ether oxygens (including phenoxy) is 1. The highest BCUT2D eigenvalue weighted by Gasteiger charge is 2.24. The molecule has 0 saturated carbocycles. The minimum absolute atomic E-state index is 0.288. The first kappa shape index (κ1) is 8.19. The number of pyridine rings is 1. The van der Waals surface area contributed by atoms with Crippen LogP contribution < -0.4 is 5.73 Å². The summed E-state index contributed by atoms with van der Waals surface area (Å²) in [4.78, 5) is 15.0. The number of rotatable bonds is 2. The number of hydrogen-bond acceptors (Lipinski definition) is 3. The molecule has 4 heteroatoms. The second-order valence-corrected chi connectivity index (χ2v) is 3.06. The van der Waals surface area contributed by atoms with Crippen LogP contribution in [0.15, 0.2) is 18.5 Å². The molecule has 1 aromatic heterocycles. The first-order chi connectivity index (χ1) is 6.29. The summed E-state index contributed by atoms with van der Waals surface area (Å²) in [5.74, 6) is -0.111. The Morgan fingerprint density at radius 3 is 2.92 bits per heavy atom. The fraction of sp³-hybridized carbons (Fsp3) is 0.333. The molecule has 0 atom stereocenters. The highest BCUT2D eigenvalue weighted by molar-refractivity contribution is 5.94. The summed E-state index contributed by atoms with van der Waals surface area (Å²) >= 11 is 0. The molecule has 13 heavy (non-hydrogen) atoms. The van der Waals surface area contributed by atoms with Gasteiger partial charge in [-0.2, -0.15) is 0 Å². The van der Waals surface area contributed by atoms with Gasteiger partial charge in [0.15, 0.2) is 0 Å². The molecule has 1 aliphatic heterocycles. The Hall–Kier alpha value is -1.42. The fourth-order valence-electron chi connectivity index (χ4n) is 1.37. The summed E-state index contributed by atoms with van der Waals surface area (Å²) in [5, 5.41) is 0. The fourth-order valence-corrected chi connectivity index (χ4v) is 1.37. The monoisotopic (exact) mass is 178 g/mol. The van der Waals surface area contributed by atoms with Crippen molar-refractivity contribution >= 4 is 5.91 Å². The third-order valence-corrected chi connectivity index (χ3v) is 2.20. The van der Waals surface area contributed by atoms with Crippen LogP contribution in [0.25, 0.3) is 0 Å². The molecule has 68 valence electrons. The van der Waals surface area contributed by atoms with Crippen LogP contribution >= 0.6 is 0 Å². The molecule has 0 aliphatic carbocycles. The molecule has 1 fully saturated rings. The summed E-state index contributed by atoms with van der Waals surface area (Å²) in [6.45, 7) is 1.32. The predicted octanol–water partition coefficient (Wildman–Crippen LogP) is 0.294. The average Bonchev–Trinajstić information content (AvgIpc) is 2.02. The maximum atomic E-state index is 11.0. The van der Waals surface area contributed by atoms with Crippen molar-refractivity contribution in [3.05, 3.63) is 29.6 Å². The highest BCUT2D eigenvalue weighted by Crippen LogP contribution is 2.25. The minimum atomic E-state index is -0.399. The molecule has 1 saturated heterocycles. The second-order valence-electron chi connectivity index (χ2n) is 3.06. The van der Waals surface area contributed by atoms with Gasteiger partial charge >= 0.3 is 0 Å². The van der Waals surface area contributed by atoms with Gasteiger partial charge in [0.1, 0.15) is 0 Å². The predicted molar refractivity (Wildman–Crippen MR) is 46.3 cm³/mol. The Morgan fingerprint density at radius 1 is 1.62 bits per heavy atom. The van der Waals surface area contributed by atoms with Crippen LogP contribution in [0.1, 0.15) is 21.8 Å². The summed E-state index contributed by atoms with van der Waals surface area (Å²) < 4.78 is 5.04. The van der Waals surface area contributed by atoms with Crippen LogP contribution in [0.3, 0.4) is 0 Å². The average molecular weight is 178 g/mol. The van der Waals surface area contributed by atoms with Crippen molar-refractivity contribution < 1.29 is 9.53 Å². The zero-order valence-electron chi connectivity index (χ0n) is 7.06. The molecule has 0 unspecified atom stereocenters. The third kappa shape index (κ3) is 1.40. The van der Waals surface area contributed by atoms with Gasteiger partial charge in [-0.05, 0) is 11.6 Å². The maximum Gasteiger partial charge on any atom is 0.249 e. The molecular weight excluding hydrogens is 168 g/mol. The minimum Gasteiger partial charge on any atom is -0.380 e. The van der Waals surface area contributed by atoms with Gasteiger partial charge in [-0.25, -0.2) is 0 Å². The van der Waals surface area contributed by atoms with Gasteiger partial charge in [-0.3, -0.25) is 9.78 Å². The van der Waals surface area contributed by atoms with E-state index < -0.39 is 5.91 Å². The molecule has 1 aliphatic rings. The molecule has 2 heterocycles. The van der Waals surface area contributed by atoms with Crippen LogP contribution in [0, 0.1) is 0 Å². The highest BCUT2D eigenvalue weighted by atomic mass is 16.5. The number of hydrogen-bond donors (Lipinski definition) is 1. The smallest absolute Gasteiger partial charge is 0.249 e. The molecule has 1 aromatic rings. The van der Waals surface area contributed by atoms with Crippen LogP contribution in [0.5, 0.6) is 0 Å². The van der Waals surface area contributed by atoms with Crippen molar-refractivity contribution in [1.29, 1.82) is 0 Å². The van der Waals surface area contributed by atoms with Crippen molar-refractivity contribution in [2.24, 2.45) is 5.73 Å². The van der Waals surface area contributed by atoms with E-state index in [1.165, 1.54) is 0 Å². The first-order valence-electron chi connectivity index (χ1n) is 4.10. The molecule has 0 bridgehead atoms. The normalized spacial score (nSPS) is 16.6. The summed E-state index contributed by atoms with van der Waals surface area (Å²) in [6, 6.07) is 1.65. The molecule has 0 aromatic carbocycles. The Balaban J connectivity index is 2.36. The van der Waals surface area contributed by atoms with Gasteiger partial charge in [-0.1, -0.05) is 0 Å². The van der Waals surface area contributed by atoms with Gasteiger partial charge in [0.25, 0.3) is 0 Å². The number of carbonyl (C=O) groups is 1. The lowest BCUT2D eigenvalue weighted by Gasteiger charge is -2.27. The summed E-state index contributed by atoms with van der Waals surface area (Å²) in [7, 11) is 0. The van der Waals surface area contributed by atoms with E-state index in [1.54, 1.807) is 18.5 Å². The van der Waals surface area contributed by atoms with Gasteiger partial charge < -0.3 is 10.5 Å². The van der Waals surface area contributed by atoms with Gasteiger partial charge in [0, 0.05) is 23.9 Å². The van der Waals surface area contributed by atoms with Crippen LogP contribution in [0.2, 0.25) is 0 Å². The standard InChI is InChI=1S/C9H10N2O2/c10-9(12)7-1-2-11-3-8(7)6-4-13-5-6/h1-3,6H,4-5H2,(H2,10,12). The van der Waals surface area contributed by atoms with Gasteiger partial charge in [0.2, 0.25) is 5.91 Å². The van der Waals surface area contributed by atoms with E-state index in [9.17, 15) is 4.79 Å². The van der Waals surface area contributed by atoms with E-state index in [2.05, 4.69) is 4.98 Å². The largest absolute Gasteiger partial charge is 0.380 e. The van der Waals surface area contributed by atoms with Crippen molar-refractivity contribution in [1.82, 2.24) is 4.98 Å². The van der Waals surface area contributed by atoms with Crippen molar-refractivity contribution in [2.75, 3.05) is 13.2 Å². The van der Waals surface area contributed by atoms with Crippen LogP contribution in [0.4, 0.5) is 0 Å². The molecule has 1 amide bonds. The maximum absolute atomic E-state index is 11.0. The number of primary amides is 1. The van der Waals surface area contributed by atoms with Crippen molar-refractivity contribution in [2.45, 2.75) is 5.92 Å². The number of amides is 1. The quantitative estimate of drug-likeness (QED) is 0.708. The molecular formula is C9H10N2O2. The topological polar surface area (TPSA) is 65.2 Å². The zero-order valence-corrected chi connectivity index (χ0v) is 7.06. The Bertz CT molecular complexity index is 334. The number of nitrogens with zero attached hydrogens (tertiary/aromatic N) is 1. The van der Waals surface area contributed by atoms with E-state index in [-0.39, 0.29) is 5.92 Å². The Morgan fingerprint density at radius 2 is 2.38 bits per heavy atom. The summed E-state index contributed by atoms with van der Waals surface area (Å²) in [5.41, 5.74) is 6.69. The van der Waals surface area contributed by atoms with E-state index in [4.69, 9.17) is 10.5 Å². The number of aromatic nitrogens is 1.